The van der Waals surface area contributed by atoms with Gasteiger partial charge in [-0.05, 0) is 50.0 Å². The summed E-state index contributed by atoms with van der Waals surface area (Å²) in [4.78, 5) is 16.1. The summed E-state index contributed by atoms with van der Waals surface area (Å²) in [6, 6.07) is 6.72. The van der Waals surface area contributed by atoms with Crippen LogP contribution in [0.1, 0.15) is 85.6 Å². The third kappa shape index (κ3) is 9.05. The molecule has 3 N–H and O–H groups in total. The fraction of sp³-hybridized carbons (Fsp3) is 0.520. The first kappa shape index (κ1) is 28.5. The van der Waals surface area contributed by atoms with Crippen molar-refractivity contribution in [2.24, 2.45) is 4.99 Å². The molecule has 0 saturated heterocycles. The number of hydrogen-bond acceptors (Lipinski definition) is 4. The molecule has 5 nitrogen and oxygen atoms in total. The highest BCUT2D eigenvalue weighted by Crippen LogP contribution is 2.38. The largest absolute Gasteiger partial charge is 0.361 e. The summed E-state index contributed by atoms with van der Waals surface area (Å²) in [6.07, 6.45) is 10.7. The highest BCUT2D eigenvalue weighted by molar-refractivity contribution is 6.11. The van der Waals surface area contributed by atoms with Crippen LogP contribution in [-0.4, -0.2) is 17.3 Å². The van der Waals surface area contributed by atoms with Crippen LogP contribution in [0.5, 0.6) is 0 Å². The van der Waals surface area contributed by atoms with Crippen LogP contribution in [0.4, 0.5) is 4.39 Å². The van der Waals surface area contributed by atoms with E-state index in [1.54, 1.807) is 30.6 Å². The van der Waals surface area contributed by atoms with Gasteiger partial charge in [0, 0.05) is 6.21 Å². The maximum Gasteiger partial charge on any atom is 0.275 e. The Morgan fingerprint density at radius 1 is 1.19 bits per heavy atom. The molecular formula is C25H40FN3O2. The molecular weight excluding hydrogens is 393 g/mol. The van der Waals surface area contributed by atoms with Crippen LogP contribution in [0.3, 0.4) is 0 Å². The second kappa shape index (κ2) is 16.3. The van der Waals surface area contributed by atoms with E-state index in [-0.39, 0.29) is 16.9 Å². The van der Waals surface area contributed by atoms with Crippen molar-refractivity contribution >= 4 is 12.1 Å². The van der Waals surface area contributed by atoms with Gasteiger partial charge in [-0.2, -0.15) is 0 Å². The summed E-state index contributed by atoms with van der Waals surface area (Å²) in [5, 5.41) is 12.3. The van der Waals surface area contributed by atoms with Crippen LogP contribution in [0.2, 0.25) is 0 Å². The fourth-order valence-electron chi connectivity index (χ4n) is 3.47. The number of carbonyl (C=O) groups is 1. The van der Waals surface area contributed by atoms with Gasteiger partial charge in [0.25, 0.3) is 5.91 Å². The van der Waals surface area contributed by atoms with Crippen LogP contribution in [-0.2, 0) is 10.3 Å². The Morgan fingerprint density at radius 2 is 1.84 bits per heavy atom. The molecule has 0 heterocycles. The van der Waals surface area contributed by atoms with Gasteiger partial charge in [-0.15, -0.1) is 0 Å². The molecule has 1 aromatic rings. The summed E-state index contributed by atoms with van der Waals surface area (Å²) < 4.78 is 13.9. The number of nitrogens with one attached hydrogen (secondary N) is 2. The number of hydrogen-bond donors (Lipinski definition) is 3. The standard InChI is InChI=1S/C21H28FN3O2.2C2H6/c1-3-9-19(23-15-16(4-2)20(26)25-27)24-21(12-6-5-7-13-21)17-10-8-11-18(22)14-17;2*1-2/h4,8-11,14-15,24,27H,3,5-7,12-13H2,1-2H3,(H,25,26);2*1-2H3/b16-4+,19-9-,23-15-;;. The summed E-state index contributed by atoms with van der Waals surface area (Å²) in [6.45, 7) is 11.7. The van der Waals surface area contributed by atoms with Crippen molar-refractivity contribution in [1.29, 1.82) is 0 Å². The lowest BCUT2D eigenvalue weighted by Crippen LogP contribution is -2.43. The second-order valence-electron chi connectivity index (χ2n) is 6.72. The monoisotopic (exact) mass is 433 g/mol. The van der Waals surface area contributed by atoms with Gasteiger partial charge >= 0.3 is 0 Å². The van der Waals surface area contributed by atoms with Gasteiger partial charge in [-0.1, -0.05) is 72.1 Å². The quantitative estimate of drug-likeness (QED) is 0.202. The Bertz CT molecular complexity index is 736. The predicted molar refractivity (Wildman–Crippen MR) is 128 cm³/mol. The second-order valence-corrected chi connectivity index (χ2v) is 6.72. The molecule has 1 aliphatic carbocycles. The number of rotatable bonds is 7. The van der Waals surface area contributed by atoms with Crippen molar-refractivity contribution in [3.63, 3.8) is 0 Å². The van der Waals surface area contributed by atoms with Crippen molar-refractivity contribution < 1.29 is 14.4 Å². The van der Waals surface area contributed by atoms with Crippen molar-refractivity contribution in [2.75, 3.05) is 0 Å². The zero-order valence-corrected chi connectivity index (χ0v) is 20.0. The number of carbonyl (C=O) groups excluding carboxylic acids is 1. The first-order valence-electron chi connectivity index (χ1n) is 11.4. The van der Waals surface area contributed by atoms with E-state index in [1.807, 2.05) is 46.8 Å². The molecule has 1 amide bonds. The van der Waals surface area contributed by atoms with Gasteiger partial charge < -0.3 is 5.32 Å². The van der Waals surface area contributed by atoms with Crippen LogP contribution in [0.25, 0.3) is 0 Å². The highest BCUT2D eigenvalue weighted by atomic mass is 19.1. The molecule has 31 heavy (non-hydrogen) atoms. The molecule has 0 bridgehead atoms. The van der Waals surface area contributed by atoms with E-state index in [0.717, 1.165) is 44.1 Å². The number of aliphatic imine (C=N–C) groups is 1. The molecule has 0 unspecified atom stereocenters. The number of amides is 1. The van der Waals surface area contributed by atoms with E-state index < -0.39 is 5.91 Å². The molecule has 0 atom stereocenters. The molecule has 1 aromatic carbocycles. The predicted octanol–water partition coefficient (Wildman–Crippen LogP) is 6.40. The first-order chi connectivity index (χ1) is 15.0. The number of nitrogens with zero attached hydrogens (tertiary/aromatic N) is 1. The highest BCUT2D eigenvalue weighted by Gasteiger charge is 2.34. The minimum Gasteiger partial charge on any atom is -0.361 e. The zero-order chi connectivity index (χ0) is 23.7. The number of benzene rings is 1. The van der Waals surface area contributed by atoms with Gasteiger partial charge in [0.05, 0.1) is 11.1 Å². The van der Waals surface area contributed by atoms with Crippen LogP contribution >= 0.6 is 0 Å². The van der Waals surface area contributed by atoms with Gasteiger partial charge in [0.15, 0.2) is 0 Å². The maximum absolute atomic E-state index is 13.9. The fourth-order valence-corrected chi connectivity index (χ4v) is 3.47. The average molecular weight is 434 g/mol. The minimum absolute atomic E-state index is 0.250. The average Bonchev–Trinajstić information content (AvgIpc) is 2.82. The molecule has 0 radical (unpaired) electrons. The topological polar surface area (TPSA) is 73.7 Å². The number of hydroxylamine groups is 1. The van der Waals surface area contributed by atoms with Crippen molar-refractivity contribution in [3.8, 4) is 0 Å². The number of allylic oxidation sites excluding steroid dienone is 2. The summed E-state index contributed by atoms with van der Waals surface area (Å²) in [7, 11) is 0. The molecule has 174 valence electrons. The van der Waals surface area contributed by atoms with Crippen molar-refractivity contribution in [3.05, 3.63) is 59.2 Å². The van der Waals surface area contributed by atoms with Crippen molar-refractivity contribution in [1.82, 2.24) is 10.8 Å². The molecule has 0 aromatic heterocycles. The van der Waals surface area contributed by atoms with Gasteiger partial charge in [0.2, 0.25) is 0 Å². The van der Waals surface area contributed by atoms with E-state index in [0.29, 0.717) is 5.82 Å². The van der Waals surface area contributed by atoms with E-state index in [1.165, 1.54) is 12.3 Å². The van der Waals surface area contributed by atoms with Crippen LogP contribution in [0.15, 0.2) is 52.8 Å². The molecule has 0 aliphatic heterocycles. The molecule has 6 heteroatoms. The SMILES string of the molecule is CC.CC.C\C=C(/C=N\C(=C\CC)NC1(c2cccc(F)c2)CCCCC1)C(=O)NO. The maximum atomic E-state index is 13.9. The van der Waals surface area contributed by atoms with Crippen LogP contribution in [0, 0.1) is 5.82 Å². The van der Waals surface area contributed by atoms with Gasteiger partial charge in [-0.3, -0.25) is 10.0 Å². The lowest BCUT2D eigenvalue weighted by atomic mass is 9.76. The normalized spacial score (nSPS) is 15.9. The molecule has 2 rings (SSSR count). The van der Waals surface area contributed by atoms with Crippen LogP contribution < -0.4 is 10.8 Å². The van der Waals surface area contributed by atoms with E-state index >= 15 is 0 Å². The van der Waals surface area contributed by atoms with E-state index in [4.69, 9.17) is 5.21 Å². The third-order valence-electron chi connectivity index (χ3n) is 4.87. The lowest BCUT2D eigenvalue weighted by molar-refractivity contribution is -0.124. The van der Waals surface area contributed by atoms with Gasteiger partial charge in [-0.25, -0.2) is 14.9 Å². The molecule has 0 spiro atoms. The smallest absolute Gasteiger partial charge is 0.275 e. The molecule has 1 saturated carbocycles. The van der Waals surface area contributed by atoms with E-state index in [9.17, 15) is 9.18 Å². The Hall–Kier alpha value is -2.47. The Labute approximate surface area is 187 Å². The lowest BCUT2D eigenvalue weighted by Gasteiger charge is -2.39. The number of halogens is 1. The Balaban J connectivity index is 0.00000212. The Kier molecular flexibility index (Phi) is 15.0. The summed E-state index contributed by atoms with van der Waals surface area (Å²) >= 11 is 0. The molecule has 1 aliphatic rings. The summed E-state index contributed by atoms with van der Waals surface area (Å²) in [5.74, 6) is -0.233. The molecule has 1 fully saturated rings. The van der Waals surface area contributed by atoms with Crippen molar-refractivity contribution in [2.45, 2.75) is 85.6 Å². The Morgan fingerprint density at radius 3 is 2.35 bits per heavy atom. The first-order valence-corrected chi connectivity index (χ1v) is 11.4. The van der Waals surface area contributed by atoms with E-state index in [2.05, 4.69) is 10.3 Å². The van der Waals surface area contributed by atoms with Gasteiger partial charge in [0.1, 0.15) is 11.6 Å². The summed E-state index contributed by atoms with van der Waals surface area (Å²) in [5.41, 5.74) is 2.40. The zero-order valence-electron chi connectivity index (χ0n) is 20.0. The third-order valence-corrected chi connectivity index (χ3v) is 4.87. The minimum atomic E-state index is -0.616.